The molecule has 9 N–H and O–H groups in total. The van der Waals surface area contributed by atoms with E-state index in [1.807, 2.05) is 0 Å². The normalized spacial score (nSPS) is 18.2. The Morgan fingerprint density at radius 1 is 1.12 bits per heavy atom. The van der Waals surface area contributed by atoms with Gasteiger partial charge in [-0.3, -0.25) is 19.2 Å². The molecule has 14 heteroatoms. The topological polar surface area (TPSA) is 229 Å². The SMILES string of the molecule is NC(=O)CC(NC(=O)C1CCCN1)C(=O)NC(Cc1cnc[nH]1)C(=O)NC(CO)C(=O)O. The predicted octanol–water partition coefficient (Wildman–Crippen LogP) is -3.89. The van der Waals surface area contributed by atoms with Gasteiger partial charge in [-0.15, -0.1) is 0 Å². The van der Waals surface area contributed by atoms with E-state index in [-0.39, 0.29) is 6.42 Å². The first-order chi connectivity index (χ1) is 15.2. The number of carboxylic acid groups (broad SMARTS) is 1. The van der Waals surface area contributed by atoms with Crippen molar-refractivity contribution in [3.8, 4) is 0 Å². The molecule has 0 aliphatic carbocycles. The second-order valence-corrected chi connectivity index (χ2v) is 7.30. The van der Waals surface area contributed by atoms with E-state index in [0.29, 0.717) is 18.7 Å². The van der Waals surface area contributed by atoms with Gasteiger partial charge in [-0.1, -0.05) is 0 Å². The molecule has 1 aliphatic heterocycles. The summed E-state index contributed by atoms with van der Waals surface area (Å²) in [6, 6.07) is -4.73. The van der Waals surface area contributed by atoms with Crippen molar-refractivity contribution in [1.29, 1.82) is 0 Å². The number of nitrogens with two attached hydrogens (primary N) is 1. The number of aliphatic hydroxyl groups excluding tert-OH is 1. The smallest absolute Gasteiger partial charge is 0.328 e. The lowest BCUT2D eigenvalue weighted by Gasteiger charge is -2.24. The van der Waals surface area contributed by atoms with Crippen molar-refractivity contribution in [2.45, 2.75) is 49.9 Å². The van der Waals surface area contributed by atoms with Gasteiger partial charge in [0.05, 0.1) is 25.4 Å². The summed E-state index contributed by atoms with van der Waals surface area (Å²) in [5, 5.41) is 28.2. The van der Waals surface area contributed by atoms with Crippen LogP contribution in [0.2, 0.25) is 0 Å². The Bertz CT molecular complexity index is 824. The number of amides is 4. The van der Waals surface area contributed by atoms with Crippen molar-refractivity contribution >= 4 is 29.6 Å². The highest BCUT2D eigenvalue weighted by Crippen LogP contribution is 2.07. The van der Waals surface area contributed by atoms with Crippen molar-refractivity contribution in [2.75, 3.05) is 13.2 Å². The van der Waals surface area contributed by atoms with Crippen molar-refractivity contribution in [3.63, 3.8) is 0 Å². The maximum Gasteiger partial charge on any atom is 0.328 e. The molecule has 0 spiro atoms. The van der Waals surface area contributed by atoms with E-state index in [4.69, 9.17) is 15.9 Å². The Balaban J connectivity index is 2.14. The summed E-state index contributed by atoms with van der Waals surface area (Å²) in [6.45, 7) is -0.215. The summed E-state index contributed by atoms with van der Waals surface area (Å²) in [6.07, 6.45) is 3.51. The lowest BCUT2D eigenvalue weighted by molar-refractivity contribution is -0.143. The minimum atomic E-state index is -1.58. The number of primary amides is 1. The molecular weight excluding hydrogens is 426 g/mol. The van der Waals surface area contributed by atoms with Crippen LogP contribution in [0.1, 0.15) is 25.0 Å². The van der Waals surface area contributed by atoms with Gasteiger partial charge in [0.25, 0.3) is 0 Å². The molecule has 176 valence electrons. The van der Waals surface area contributed by atoms with Crippen molar-refractivity contribution < 1.29 is 34.2 Å². The van der Waals surface area contributed by atoms with Gasteiger partial charge in [0.15, 0.2) is 0 Å². The summed E-state index contributed by atoms with van der Waals surface area (Å²) in [5.41, 5.74) is 5.66. The first kappa shape index (κ1) is 24.7. The monoisotopic (exact) mass is 453 g/mol. The highest BCUT2D eigenvalue weighted by atomic mass is 16.4. The van der Waals surface area contributed by atoms with Gasteiger partial charge in [0.2, 0.25) is 23.6 Å². The molecule has 1 saturated heterocycles. The molecule has 4 unspecified atom stereocenters. The maximum absolute atomic E-state index is 12.8. The van der Waals surface area contributed by atoms with E-state index < -0.39 is 66.8 Å². The van der Waals surface area contributed by atoms with E-state index in [1.54, 1.807) is 0 Å². The van der Waals surface area contributed by atoms with Crippen LogP contribution in [0.15, 0.2) is 12.5 Å². The summed E-state index contributed by atoms with van der Waals surface area (Å²) in [5.74, 6) is -4.53. The molecule has 1 fully saturated rings. The van der Waals surface area contributed by atoms with Crippen LogP contribution in [0.3, 0.4) is 0 Å². The summed E-state index contributed by atoms with van der Waals surface area (Å²) < 4.78 is 0. The quantitative estimate of drug-likeness (QED) is 0.154. The van der Waals surface area contributed by atoms with E-state index in [1.165, 1.54) is 12.5 Å². The summed E-state index contributed by atoms with van der Waals surface area (Å²) in [7, 11) is 0. The van der Waals surface area contributed by atoms with Crippen molar-refractivity contribution in [2.24, 2.45) is 5.73 Å². The number of hydrogen-bond acceptors (Lipinski definition) is 8. The minimum absolute atomic E-state index is 0.100. The molecule has 1 aromatic rings. The molecule has 0 bridgehead atoms. The number of nitrogens with zero attached hydrogens (tertiary/aromatic N) is 1. The number of rotatable bonds is 12. The molecule has 2 heterocycles. The second kappa shape index (κ2) is 11.8. The number of H-pyrrole nitrogens is 1. The minimum Gasteiger partial charge on any atom is -0.480 e. The average molecular weight is 453 g/mol. The Morgan fingerprint density at radius 3 is 2.34 bits per heavy atom. The average Bonchev–Trinajstić information content (AvgIpc) is 3.44. The predicted molar refractivity (Wildman–Crippen MR) is 108 cm³/mol. The Hall–Kier alpha value is -3.52. The third-order valence-electron chi connectivity index (χ3n) is 4.82. The number of carbonyl (C=O) groups is 5. The Labute approximate surface area is 182 Å². The zero-order valence-corrected chi connectivity index (χ0v) is 17.2. The van der Waals surface area contributed by atoms with Crippen molar-refractivity contribution in [1.82, 2.24) is 31.2 Å². The summed E-state index contributed by atoms with van der Waals surface area (Å²) >= 11 is 0. The fraction of sp³-hybridized carbons (Fsp3) is 0.556. The third-order valence-corrected chi connectivity index (χ3v) is 4.82. The highest BCUT2D eigenvalue weighted by Gasteiger charge is 2.32. The fourth-order valence-corrected chi connectivity index (χ4v) is 3.15. The van der Waals surface area contributed by atoms with Crippen molar-refractivity contribution in [3.05, 3.63) is 18.2 Å². The standard InChI is InChI=1S/C18H27N7O7/c19-14(27)5-12(24-15(28)10-2-1-3-21-10)17(30)23-11(4-9-6-20-8-22-9)16(29)25-13(7-26)18(31)32/h6,8,10-13,21,26H,1-5,7H2,(H2,19,27)(H,20,22)(H,23,30)(H,24,28)(H,25,29)(H,31,32). The second-order valence-electron chi connectivity index (χ2n) is 7.30. The van der Waals surface area contributed by atoms with Crippen LogP contribution in [0.25, 0.3) is 0 Å². The number of carbonyl (C=O) groups excluding carboxylic acids is 4. The summed E-state index contributed by atoms with van der Waals surface area (Å²) in [4.78, 5) is 67.0. The molecule has 32 heavy (non-hydrogen) atoms. The Kier molecular flexibility index (Phi) is 9.09. The lowest BCUT2D eigenvalue weighted by atomic mass is 10.1. The number of carboxylic acids is 1. The van der Waals surface area contributed by atoms with Crippen LogP contribution in [0.4, 0.5) is 0 Å². The lowest BCUT2D eigenvalue weighted by Crippen LogP contribution is -2.58. The van der Waals surface area contributed by atoms with Gasteiger partial charge in [-0.05, 0) is 19.4 Å². The Morgan fingerprint density at radius 2 is 1.81 bits per heavy atom. The zero-order valence-electron chi connectivity index (χ0n) is 17.2. The van der Waals surface area contributed by atoms with Gasteiger partial charge in [-0.25, -0.2) is 9.78 Å². The number of hydrogen-bond donors (Lipinski definition) is 8. The molecule has 0 aromatic carbocycles. The van der Waals surface area contributed by atoms with Crippen LogP contribution in [0, 0.1) is 0 Å². The molecule has 14 nitrogen and oxygen atoms in total. The van der Waals surface area contributed by atoms with Gasteiger partial charge in [-0.2, -0.15) is 0 Å². The molecule has 1 aromatic heterocycles. The first-order valence-electron chi connectivity index (χ1n) is 9.95. The number of aromatic amines is 1. The van der Waals surface area contributed by atoms with E-state index in [0.717, 1.165) is 6.42 Å². The van der Waals surface area contributed by atoms with Crippen LogP contribution in [0.5, 0.6) is 0 Å². The first-order valence-corrected chi connectivity index (χ1v) is 9.95. The number of nitrogens with one attached hydrogen (secondary N) is 5. The molecule has 0 radical (unpaired) electrons. The van der Waals surface area contributed by atoms with Gasteiger partial charge < -0.3 is 42.2 Å². The molecule has 2 rings (SSSR count). The molecule has 1 aliphatic rings. The molecular formula is C18H27N7O7. The molecule has 4 atom stereocenters. The number of aromatic nitrogens is 2. The van der Waals surface area contributed by atoms with E-state index in [9.17, 15) is 24.0 Å². The molecule has 0 saturated carbocycles. The van der Waals surface area contributed by atoms with E-state index >= 15 is 0 Å². The fourth-order valence-electron chi connectivity index (χ4n) is 3.15. The molecule has 4 amide bonds. The number of imidazole rings is 1. The van der Waals surface area contributed by atoms with Crippen LogP contribution >= 0.6 is 0 Å². The third kappa shape index (κ3) is 7.31. The number of aliphatic hydroxyl groups is 1. The zero-order chi connectivity index (χ0) is 23.7. The van der Waals surface area contributed by atoms with Gasteiger partial charge in [0.1, 0.15) is 18.1 Å². The van der Waals surface area contributed by atoms with E-state index in [2.05, 4.69) is 31.2 Å². The number of aliphatic carboxylic acids is 1. The highest BCUT2D eigenvalue weighted by molar-refractivity contribution is 5.96. The largest absolute Gasteiger partial charge is 0.480 e. The maximum atomic E-state index is 12.8. The van der Waals surface area contributed by atoms with Crippen LogP contribution in [-0.2, 0) is 30.4 Å². The van der Waals surface area contributed by atoms with Gasteiger partial charge >= 0.3 is 5.97 Å². The van der Waals surface area contributed by atoms with Crippen LogP contribution < -0.4 is 27.0 Å². The van der Waals surface area contributed by atoms with Crippen LogP contribution in [-0.4, -0.2) is 87.1 Å². The van der Waals surface area contributed by atoms with Gasteiger partial charge in [0, 0.05) is 18.3 Å².